The fraction of sp³-hybridized carbons (Fsp3) is 0.714. The standard InChI is InChI=1S/C14H21N3O2/c1-3-19-13-6-7-15-14(16-13)17-10-4-5-11(17)9-12(8-10)18-2/h6-7,10-12H,3-5,8-9H2,1-2H3/t10-,11+,12?. The Hall–Kier alpha value is -1.36. The van der Waals surface area contributed by atoms with Gasteiger partial charge < -0.3 is 14.4 Å². The number of anilines is 1. The molecule has 0 spiro atoms. The molecule has 0 aliphatic carbocycles. The van der Waals surface area contributed by atoms with Crippen molar-refractivity contribution in [1.29, 1.82) is 0 Å². The number of fused-ring (bicyclic) bond motifs is 2. The van der Waals surface area contributed by atoms with Crippen LogP contribution in [0.1, 0.15) is 32.6 Å². The molecule has 1 unspecified atom stereocenters. The van der Waals surface area contributed by atoms with Crippen LogP contribution >= 0.6 is 0 Å². The second-order valence-corrected chi connectivity index (χ2v) is 5.25. The molecule has 0 radical (unpaired) electrons. The molecule has 0 N–H and O–H groups in total. The predicted octanol–water partition coefficient (Wildman–Crippen LogP) is 2.02. The summed E-state index contributed by atoms with van der Waals surface area (Å²) >= 11 is 0. The molecule has 2 bridgehead atoms. The third-order valence-corrected chi connectivity index (χ3v) is 4.16. The summed E-state index contributed by atoms with van der Waals surface area (Å²) in [6, 6.07) is 2.85. The first-order valence-electron chi connectivity index (χ1n) is 7.08. The number of piperidine rings is 1. The molecule has 0 saturated carbocycles. The van der Waals surface area contributed by atoms with Crippen LogP contribution in [0.25, 0.3) is 0 Å². The normalized spacial score (nSPS) is 29.6. The van der Waals surface area contributed by atoms with Gasteiger partial charge in [-0.3, -0.25) is 0 Å². The van der Waals surface area contributed by atoms with E-state index in [2.05, 4.69) is 14.9 Å². The van der Waals surface area contributed by atoms with Crippen LogP contribution < -0.4 is 9.64 Å². The molecule has 1 aromatic heterocycles. The van der Waals surface area contributed by atoms with Crippen molar-refractivity contribution in [2.24, 2.45) is 0 Å². The molecule has 19 heavy (non-hydrogen) atoms. The highest BCUT2D eigenvalue weighted by atomic mass is 16.5. The Bertz CT molecular complexity index is 426. The summed E-state index contributed by atoms with van der Waals surface area (Å²) < 4.78 is 11.0. The zero-order chi connectivity index (χ0) is 13.2. The molecule has 2 aliphatic rings. The molecule has 1 aromatic rings. The number of methoxy groups -OCH3 is 1. The van der Waals surface area contributed by atoms with Gasteiger partial charge in [0.2, 0.25) is 11.8 Å². The molecule has 3 heterocycles. The quantitative estimate of drug-likeness (QED) is 0.831. The van der Waals surface area contributed by atoms with Gasteiger partial charge in [-0.25, -0.2) is 4.98 Å². The van der Waals surface area contributed by atoms with E-state index in [9.17, 15) is 0 Å². The van der Waals surface area contributed by atoms with Crippen molar-refractivity contribution in [3.8, 4) is 5.88 Å². The average Bonchev–Trinajstić information content (AvgIpc) is 2.70. The van der Waals surface area contributed by atoms with Crippen molar-refractivity contribution in [1.82, 2.24) is 9.97 Å². The lowest BCUT2D eigenvalue weighted by Crippen LogP contribution is -2.46. The predicted molar refractivity (Wildman–Crippen MR) is 72.5 cm³/mol. The van der Waals surface area contributed by atoms with Gasteiger partial charge in [0.1, 0.15) is 0 Å². The molecule has 5 heteroatoms. The second kappa shape index (κ2) is 5.33. The molecule has 2 saturated heterocycles. The summed E-state index contributed by atoms with van der Waals surface area (Å²) in [5.74, 6) is 1.48. The van der Waals surface area contributed by atoms with E-state index >= 15 is 0 Å². The van der Waals surface area contributed by atoms with E-state index in [1.807, 2.05) is 20.1 Å². The average molecular weight is 263 g/mol. The van der Waals surface area contributed by atoms with Crippen molar-refractivity contribution >= 4 is 5.95 Å². The molecule has 3 atom stereocenters. The Morgan fingerprint density at radius 1 is 1.32 bits per heavy atom. The number of aromatic nitrogens is 2. The van der Waals surface area contributed by atoms with Crippen LogP contribution in [0.2, 0.25) is 0 Å². The molecule has 0 aromatic carbocycles. The molecular formula is C14H21N3O2. The lowest BCUT2D eigenvalue weighted by Gasteiger charge is -2.38. The van der Waals surface area contributed by atoms with Crippen molar-refractivity contribution in [2.75, 3.05) is 18.6 Å². The summed E-state index contributed by atoms with van der Waals surface area (Å²) in [7, 11) is 1.81. The van der Waals surface area contributed by atoms with E-state index in [4.69, 9.17) is 9.47 Å². The Morgan fingerprint density at radius 2 is 2.05 bits per heavy atom. The van der Waals surface area contributed by atoms with Gasteiger partial charge in [-0.05, 0) is 32.6 Å². The zero-order valence-electron chi connectivity index (χ0n) is 11.6. The minimum absolute atomic E-state index is 0.392. The van der Waals surface area contributed by atoms with Crippen molar-refractivity contribution in [2.45, 2.75) is 50.8 Å². The van der Waals surface area contributed by atoms with Crippen molar-refractivity contribution < 1.29 is 9.47 Å². The highest BCUT2D eigenvalue weighted by molar-refractivity contribution is 5.38. The van der Waals surface area contributed by atoms with Crippen LogP contribution in [0.15, 0.2) is 12.3 Å². The third kappa shape index (κ3) is 2.39. The van der Waals surface area contributed by atoms with Gasteiger partial charge in [0.15, 0.2) is 0 Å². The maximum atomic E-state index is 5.53. The molecule has 104 valence electrons. The maximum absolute atomic E-state index is 5.53. The van der Waals surface area contributed by atoms with Crippen LogP contribution in [0, 0.1) is 0 Å². The van der Waals surface area contributed by atoms with E-state index in [-0.39, 0.29) is 0 Å². The number of ether oxygens (including phenoxy) is 2. The van der Waals surface area contributed by atoms with Crippen molar-refractivity contribution in [3.63, 3.8) is 0 Å². The Morgan fingerprint density at radius 3 is 2.68 bits per heavy atom. The number of hydrogen-bond donors (Lipinski definition) is 0. The van der Waals surface area contributed by atoms with Crippen LogP contribution in [-0.2, 0) is 4.74 Å². The molecule has 5 nitrogen and oxygen atoms in total. The first kappa shape index (κ1) is 12.7. The summed E-state index contributed by atoms with van der Waals surface area (Å²) in [5.41, 5.74) is 0. The number of hydrogen-bond acceptors (Lipinski definition) is 5. The van der Waals surface area contributed by atoms with E-state index in [0.29, 0.717) is 30.7 Å². The molecule has 2 aliphatic heterocycles. The zero-order valence-corrected chi connectivity index (χ0v) is 11.6. The minimum Gasteiger partial charge on any atom is -0.478 e. The SMILES string of the molecule is CCOc1ccnc(N2[C@@H]3CC[C@H]2CC(OC)C3)n1. The Kier molecular flexibility index (Phi) is 3.55. The van der Waals surface area contributed by atoms with Crippen LogP contribution in [0.4, 0.5) is 5.95 Å². The van der Waals surface area contributed by atoms with Gasteiger partial charge >= 0.3 is 0 Å². The number of rotatable bonds is 4. The first-order chi connectivity index (χ1) is 9.31. The van der Waals surface area contributed by atoms with Gasteiger partial charge in [0, 0.05) is 31.5 Å². The smallest absolute Gasteiger partial charge is 0.229 e. The summed E-state index contributed by atoms with van der Waals surface area (Å²) in [4.78, 5) is 11.3. The van der Waals surface area contributed by atoms with Crippen molar-refractivity contribution in [3.05, 3.63) is 12.3 Å². The lowest BCUT2D eigenvalue weighted by atomic mass is 10.0. The highest BCUT2D eigenvalue weighted by Gasteiger charge is 2.42. The van der Waals surface area contributed by atoms with E-state index < -0.39 is 0 Å². The maximum Gasteiger partial charge on any atom is 0.229 e. The molecule has 2 fully saturated rings. The summed E-state index contributed by atoms with van der Waals surface area (Å²) in [6.07, 6.45) is 6.77. The van der Waals surface area contributed by atoms with Crippen LogP contribution in [0.3, 0.4) is 0 Å². The lowest BCUT2D eigenvalue weighted by molar-refractivity contribution is 0.0679. The third-order valence-electron chi connectivity index (χ3n) is 4.16. The summed E-state index contributed by atoms with van der Waals surface area (Å²) in [6.45, 7) is 2.60. The summed E-state index contributed by atoms with van der Waals surface area (Å²) in [5, 5.41) is 0. The number of nitrogens with zero attached hydrogens (tertiary/aromatic N) is 3. The van der Waals surface area contributed by atoms with Gasteiger partial charge in [-0.2, -0.15) is 4.98 Å². The minimum atomic E-state index is 0.392. The van der Waals surface area contributed by atoms with Gasteiger partial charge in [0.25, 0.3) is 0 Å². The van der Waals surface area contributed by atoms with Crippen LogP contribution in [-0.4, -0.2) is 41.9 Å². The molecule has 3 rings (SSSR count). The topological polar surface area (TPSA) is 47.5 Å². The fourth-order valence-electron chi connectivity index (χ4n) is 3.33. The molecule has 0 amide bonds. The van der Waals surface area contributed by atoms with E-state index in [0.717, 1.165) is 18.8 Å². The van der Waals surface area contributed by atoms with Gasteiger partial charge in [-0.1, -0.05) is 0 Å². The highest BCUT2D eigenvalue weighted by Crippen LogP contribution is 2.38. The molecular weight excluding hydrogens is 242 g/mol. The van der Waals surface area contributed by atoms with E-state index in [1.54, 1.807) is 6.20 Å². The Balaban J connectivity index is 1.81. The largest absolute Gasteiger partial charge is 0.478 e. The Labute approximate surface area is 113 Å². The van der Waals surface area contributed by atoms with Crippen LogP contribution in [0.5, 0.6) is 5.88 Å². The van der Waals surface area contributed by atoms with E-state index in [1.165, 1.54) is 12.8 Å². The second-order valence-electron chi connectivity index (χ2n) is 5.25. The van der Waals surface area contributed by atoms with Gasteiger partial charge in [-0.15, -0.1) is 0 Å². The first-order valence-corrected chi connectivity index (χ1v) is 7.08. The monoisotopic (exact) mass is 263 g/mol. The van der Waals surface area contributed by atoms with Gasteiger partial charge in [0.05, 0.1) is 12.7 Å². The fourth-order valence-corrected chi connectivity index (χ4v) is 3.33.